The Labute approximate surface area is 150 Å². The van der Waals surface area contributed by atoms with Crippen LogP contribution in [0.1, 0.15) is 31.6 Å². The predicted molar refractivity (Wildman–Crippen MR) is 99.1 cm³/mol. The number of rotatable bonds is 9. The highest BCUT2D eigenvalue weighted by molar-refractivity contribution is 7.89. The van der Waals surface area contributed by atoms with E-state index in [0.717, 1.165) is 18.8 Å². The fourth-order valence-electron chi connectivity index (χ4n) is 2.85. The van der Waals surface area contributed by atoms with Gasteiger partial charge in [-0.2, -0.15) is 0 Å². The molecule has 0 aliphatic carbocycles. The molecule has 1 fully saturated rings. The predicted octanol–water partition coefficient (Wildman–Crippen LogP) is 0.521. The van der Waals surface area contributed by atoms with Crippen LogP contribution in [-0.4, -0.2) is 64.8 Å². The van der Waals surface area contributed by atoms with E-state index in [2.05, 4.69) is 25.2 Å². The molecular weight excluding hydrogens is 342 g/mol. The summed E-state index contributed by atoms with van der Waals surface area (Å²) in [5.41, 5.74) is 0. The molecule has 2 rings (SSSR count). The molecule has 142 valence electrons. The van der Waals surface area contributed by atoms with Crippen molar-refractivity contribution in [3.8, 4) is 0 Å². The molecule has 2 heterocycles. The molecule has 0 bridgehead atoms. The van der Waals surface area contributed by atoms with Crippen LogP contribution in [0, 0.1) is 0 Å². The van der Waals surface area contributed by atoms with E-state index >= 15 is 0 Å². The number of guanidine groups is 1. The summed E-state index contributed by atoms with van der Waals surface area (Å²) in [5, 5.41) is 6.43. The molecule has 0 spiro atoms. The average Bonchev–Trinajstić information content (AvgIpc) is 3.31. The van der Waals surface area contributed by atoms with Crippen LogP contribution < -0.4 is 15.4 Å². The van der Waals surface area contributed by atoms with Crippen molar-refractivity contribution in [1.29, 1.82) is 0 Å². The second-order valence-electron chi connectivity index (χ2n) is 5.95. The Morgan fingerprint density at radius 2 is 2.08 bits per heavy atom. The Morgan fingerprint density at radius 1 is 1.32 bits per heavy atom. The molecule has 3 N–H and O–H groups in total. The largest absolute Gasteiger partial charge is 0.468 e. The smallest absolute Gasteiger partial charge is 0.211 e. The van der Waals surface area contributed by atoms with Crippen molar-refractivity contribution in [2.75, 3.05) is 45.5 Å². The molecule has 9 heteroatoms. The summed E-state index contributed by atoms with van der Waals surface area (Å²) in [4.78, 5) is 6.60. The second kappa shape index (κ2) is 9.79. The van der Waals surface area contributed by atoms with Gasteiger partial charge in [0.2, 0.25) is 10.0 Å². The maximum atomic E-state index is 11.4. The van der Waals surface area contributed by atoms with Crippen LogP contribution in [0.15, 0.2) is 27.8 Å². The minimum Gasteiger partial charge on any atom is -0.468 e. The van der Waals surface area contributed by atoms with E-state index in [1.807, 2.05) is 12.1 Å². The molecule has 0 aromatic carbocycles. The third kappa shape index (κ3) is 6.33. The number of nitrogens with zero attached hydrogens (tertiary/aromatic N) is 2. The third-order valence-electron chi connectivity index (χ3n) is 4.26. The Balaban J connectivity index is 1.81. The summed E-state index contributed by atoms with van der Waals surface area (Å²) in [5.74, 6) is 1.67. The van der Waals surface area contributed by atoms with Gasteiger partial charge in [-0.3, -0.25) is 9.89 Å². The lowest BCUT2D eigenvalue weighted by molar-refractivity contribution is 0.215. The van der Waals surface area contributed by atoms with E-state index in [4.69, 9.17) is 4.42 Å². The molecule has 1 saturated heterocycles. The van der Waals surface area contributed by atoms with E-state index < -0.39 is 10.0 Å². The molecule has 8 nitrogen and oxygen atoms in total. The van der Waals surface area contributed by atoms with Gasteiger partial charge in [0.25, 0.3) is 0 Å². The minimum atomic E-state index is -3.16. The van der Waals surface area contributed by atoms with E-state index in [1.165, 1.54) is 12.8 Å². The maximum Gasteiger partial charge on any atom is 0.211 e. The number of hydrogen-bond acceptors (Lipinski definition) is 5. The van der Waals surface area contributed by atoms with Gasteiger partial charge in [0.1, 0.15) is 5.76 Å². The SMILES string of the molecule is CCS(=O)(=O)NCCNC(=NC)NCC(c1ccco1)N1CCCC1. The monoisotopic (exact) mass is 371 g/mol. The van der Waals surface area contributed by atoms with Gasteiger partial charge in [-0.05, 0) is 45.0 Å². The van der Waals surface area contributed by atoms with Gasteiger partial charge >= 0.3 is 0 Å². The van der Waals surface area contributed by atoms with E-state index in [0.29, 0.717) is 25.6 Å². The highest BCUT2D eigenvalue weighted by Gasteiger charge is 2.25. The Bertz CT molecular complexity index is 624. The normalized spacial score (nSPS) is 17.6. The number of likely N-dealkylation sites (tertiary alicyclic amines) is 1. The Morgan fingerprint density at radius 3 is 2.68 bits per heavy atom. The van der Waals surface area contributed by atoms with Crippen molar-refractivity contribution in [1.82, 2.24) is 20.3 Å². The molecule has 1 aliphatic heterocycles. The van der Waals surface area contributed by atoms with Crippen molar-refractivity contribution in [2.45, 2.75) is 25.8 Å². The highest BCUT2D eigenvalue weighted by Crippen LogP contribution is 2.24. The standard InChI is InChI=1S/C16H29N5O3S/c1-3-25(22,23)20-9-8-18-16(17-2)19-13-14(15-7-6-12-24-15)21-10-4-5-11-21/h6-7,12,14,20H,3-5,8-11,13H2,1-2H3,(H2,17,18,19). The zero-order valence-electron chi connectivity index (χ0n) is 15.0. The van der Waals surface area contributed by atoms with Crippen LogP contribution in [0.4, 0.5) is 0 Å². The van der Waals surface area contributed by atoms with Crippen LogP contribution in [0.3, 0.4) is 0 Å². The number of aliphatic imine (C=N–C) groups is 1. The lowest BCUT2D eigenvalue weighted by atomic mass is 10.2. The van der Waals surface area contributed by atoms with Crippen LogP contribution in [0.5, 0.6) is 0 Å². The van der Waals surface area contributed by atoms with Crippen molar-refractivity contribution in [3.63, 3.8) is 0 Å². The van der Waals surface area contributed by atoms with Crippen LogP contribution in [-0.2, 0) is 10.0 Å². The quantitative estimate of drug-likeness (QED) is 0.333. The second-order valence-corrected chi connectivity index (χ2v) is 8.05. The topological polar surface area (TPSA) is 99.0 Å². The van der Waals surface area contributed by atoms with E-state index in [9.17, 15) is 8.42 Å². The van der Waals surface area contributed by atoms with Gasteiger partial charge in [-0.25, -0.2) is 13.1 Å². The van der Waals surface area contributed by atoms with Gasteiger partial charge < -0.3 is 15.1 Å². The summed E-state index contributed by atoms with van der Waals surface area (Å²) in [6.07, 6.45) is 4.12. The minimum absolute atomic E-state index is 0.0840. The molecule has 1 aromatic heterocycles. The number of nitrogens with one attached hydrogen (secondary N) is 3. The molecule has 0 amide bonds. The first-order valence-corrected chi connectivity index (χ1v) is 10.4. The van der Waals surface area contributed by atoms with Gasteiger partial charge in [0, 0.05) is 26.7 Å². The maximum absolute atomic E-state index is 11.4. The van der Waals surface area contributed by atoms with Gasteiger partial charge in [-0.1, -0.05) is 0 Å². The fraction of sp³-hybridized carbons (Fsp3) is 0.688. The van der Waals surface area contributed by atoms with Gasteiger partial charge in [-0.15, -0.1) is 0 Å². The number of hydrogen-bond donors (Lipinski definition) is 3. The van der Waals surface area contributed by atoms with E-state index in [1.54, 1.807) is 20.2 Å². The van der Waals surface area contributed by atoms with Gasteiger partial charge in [0.05, 0.1) is 18.1 Å². The fourth-order valence-corrected chi connectivity index (χ4v) is 3.46. The third-order valence-corrected chi connectivity index (χ3v) is 5.66. The summed E-state index contributed by atoms with van der Waals surface area (Å²) in [6, 6.07) is 4.07. The Kier molecular flexibility index (Phi) is 7.73. The van der Waals surface area contributed by atoms with Gasteiger partial charge in [0.15, 0.2) is 5.96 Å². The lowest BCUT2D eigenvalue weighted by Crippen LogP contribution is -2.44. The van der Waals surface area contributed by atoms with Crippen molar-refractivity contribution >= 4 is 16.0 Å². The summed E-state index contributed by atoms with van der Waals surface area (Å²) in [6.45, 7) is 5.21. The van der Waals surface area contributed by atoms with Crippen LogP contribution in [0.25, 0.3) is 0 Å². The first kappa shape index (κ1) is 19.7. The molecule has 25 heavy (non-hydrogen) atoms. The first-order valence-electron chi connectivity index (χ1n) is 8.75. The molecular formula is C16H29N5O3S. The molecule has 0 radical (unpaired) electrons. The molecule has 1 unspecified atom stereocenters. The highest BCUT2D eigenvalue weighted by atomic mass is 32.2. The first-order chi connectivity index (χ1) is 12.1. The van der Waals surface area contributed by atoms with E-state index in [-0.39, 0.29) is 11.8 Å². The zero-order chi connectivity index (χ0) is 18.1. The average molecular weight is 372 g/mol. The molecule has 1 atom stereocenters. The summed E-state index contributed by atoms with van der Waals surface area (Å²) < 4.78 is 30.9. The van der Waals surface area contributed by atoms with Crippen LogP contribution >= 0.6 is 0 Å². The number of furan rings is 1. The number of sulfonamides is 1. The van der Waals surface area contributed by atoms with Crippen molar-refractivity contribution < 1.29 is 12.8 Å². The molecule has 1 aromatic rings. The van der Waals surface area contributed by atoms with Crippen molar-refractivity contribution in [3.05, 3.63) is 24.2 Å². The molecule has 0 saturated carbocycles. The summed E-state index contributed by atoms with van der Waals surface area (Å²) >= 11 is 0. The Hall–Kier alpha value is -1.58. The lowest BCUT2D eigenvalue weighted by Gasteiger charge is -2.26. The summed E-state index contributed by atoms with van der Waals surface area (Å²) in [7, 11) is -1.46. The van der Waals surface area contributed by atoms with Crippen molar-refractivity contribution in [2.24, 2.45) is 4.99 Å². The van der Waals surface area contributed by atoms with Crippen LogP contribution in [0.2, 0.25) is 0 Å². The molecule has 1 aliphatic rings. The zero-order valence-corrected chi connectivity index (χ0v) is 15.8.